The zero-order valence-electron chi connectivity index (χ0n) is 19.4. The number of nitrogens with one attached hydrogen (secondary N) is 2. The number of aryl methyl sites for hydroxylation is 2. The predicted octanol–water partition coefficient (Wildman–Crippen LogP) is 3.30. The second kappa shape index (κ2) is 13.3. The smallest absolute Gasteiger partial charge is 0.328 e. The number of amides is 2. The first-order chi connectivity index (χ1) is 15.7. The molecule has 2 aliphatic rings. The van der Waals surface area contributed by atoms with Crippen molar-refractivity contribution < 1.29 is 19.1 Å². The number of nitrogens with zero attached hydrogens (tertiary/aromatic N) is 2. The van der Waals surface area contributed by atoms with Gasteiger partial charge in [-0.25, -0.2) is 14.6 Å². The summed E-state index contributed by atoms with van der Waals surface area (Å²) in [5.74, 6) is 0.721. The molecule has 3 heterocycles. The van der Waals surface area contributed by atoms with Crippen molar-refractivity contribution >= 4 is 17.8 Å². The average molecular weight is 447 g/mol. The van der Waals surface area contributed by atoms with Crippen LogP contribution >= 0.6 is 0 Å². The van der Waals surface area contributed by atoms with Crippen LogP contribution in [0.2, 0.25) is 0 Å². The van der Waals surface area contributed by atoms with Gasteiger partial charge in [0.2, 0.25) is 0 Å². The molecular formula is C24H38N4O4. The Balaban J connectivity index is 1.33. The summed E-state index contributed by atoms with van der Waals surface area (Å²) in [6.45, 7) is 5.29. The molecule has 2 N–H and O–H groups in total. The van der Waals surface area contributed by atoms with Gasteiger partial charge in [0.05, 0.1) is 19.8 Å². The Morgan fingerprint density at radius 2 is 1.97 bits per heavy atom. The molecular weight excluding hydrogens is 408 g/mol. The van der Waals surface area contributed by atoms with Crippen molar-refractivity contribution in [2.45, 2.75) is 70.8 Å². The Kier molecular flexibility index (Phi) is 10.1. The highest BCUT2D eigenvalue weighted by Gasteiger charge is 2.25. The molecule has 0 bridgehead atoms. The van der Waals surface area contributed by atoms with Gasteiger partial charge in [-0.15, -0.1) is 0 Å². The van der Waals surface area contributed by atoms with Gasteiger partial charge in [0.25, 0.3) is 0 Å². The van der Waals surface area contributed by atoms with E-state index in [0.29, 0.717) is 39.3 Å². The number of fused-ring (bicyclic) bond motifs is 1. The van der Waals surface area contributed by atoms with Gasteiger partial charge in [-0.3, -0.25) is 0 Å². The van der Waals surface area contributed by atoms with E-state index < -0.39 is 6.04 Å². The molecule has 0 aromatic carbocycles. The first kappa shape index (κ1) is 24.3. The maximum atomic E-state index is 12.5. The van der Waals surface area contributed by atoms with Crippen LogP contribution in [0.4, 0.5) is 10.6 Å². The minimum absolute atomic E-state index is 0.210. The molecule has 0 unspecified atom stereocenters. The minimum atomic E-state index is -0.586. The minimum Gasteiger partial charge on any atom is -0.464 e. The summed E-state index contributed by atoms with van der Waals surface area (Å²) in [6.07, 6.45) is 9.17. The van der Waals surface area contributed by atoms with Crippen LogP contribution in [0.15, 0.2) is 12.1 Å². The fraction of sp³-hybridized carbons (Fsp3) is 0.708. The number of rotatable bonds is 11. The Morgan fingerprint density at radius 3 is 2.78 bits per heavy atom. The molecule has 1 fully saturated rings. The highest BCUT2D eigenvalue weighted by atomic mass is 16.5. The third-order valence-electron chi connectivity index (χ3n) is 6.04. The number of hydrogen-bond donors (Lipinski definition) is 2. The first-order valence-corrected chi connectivity index (χ1v) is 12.2. The molecule has 1 aromatic rings. The molecule has 3 rings (SSSR count). The molecule has 0 saturated carbocycles. The topological polar surface area (TPSA) is 92.8 Å². The van der Waals surface area contributed by atoms with Gasteiger partial charge in [0.15, 0.2) is 0 Å². The number of hydrogen-bond acceptors (Lipinski definition) is 6. The number of ether oxygens (including phenoxy) is 2. The molecule has 8 heteroatoms. The number of carbonyl (C=O) groups excluding carboxylic acids is 2. The van der Waals surface area contributed by atoms with E-state index in [9.17, 15) is 9.59 Å². The number of aromatic nitrogens is 1. The van der Waals surface area contributed by atoms with Gasteiger partial charge in [0.1, 0.15) is 11.9 Å². The van der Waals surface area contributed by atoms with Gasteiger partial charge in [-0.2, -0.15) is 0 Å². The number of carbonyl (C=O) groups is 2. The molecule has 0 spiro atoms. The summed E-state index contributed by atoms with van der Waals surface area (Å²) in [5.41, 5.74) is 2.49. The second-order valence-corrected chi connectivity index (χ2v) is 8.50. The predicted molar refractivity (Wildman–Crippen MR) is 124 cm³/mol. The lowest BCUT2D eigenvalue weighted by Crippen LogP contribution is -2.51. The standard InChI is InChI=1S/C24H38N4O4/c1-2-32-23(29)21(27-24(30)28-15-17-31-18-16-28)11-7-5-3-4-6-10-20-13-12-19-9-8-14-25-22(19)26-20/h12-13,21H,2-11,14-18H2,1H3,(H,25,26)(H,27,30)/t21-/m0/s1. The third kappa shape index (κ3) is 7.65. The molecule has 1 atom stereocenters. The van der Waals surface area contributed by atoms with Crippen molar-refractivity contribution in [1.82, 2.24) is 15.2 Å². The average Bonchev–Trinajstić information content (AvgIpc) is 2.83. The lowest BCUT2D eigenvalue weighted by atomic mass is 10.0. The molecule has 0 radical (unpaired) electrons. The fourth-order valence-corrected chi connectivity index (χ4v) is 4.19. The number of urea groups is 1. The van der Waals surface area contributed by atoms with E-state index in [1.165, 1.54) is 12.0 Å². The summed E-state index contributed by atoms with van der Waals surface area (Å²) < 4.78 is 10.5. The normalized spacial score (nSPS) is 16.6. The summed E-state index contributed by atoms with van der Waals surface area (Å²) in [5, 5.41) is 6.26. The highest BCUT2D eigenvalue weighted by molar-refractivity contribution is 5.83. The SMILES string of the molecule is CCOC(=O)[C@H](CCCCCCCc1ccc2c(n1)NCCC2)NC(=O)N1CCOCC1. The molecule has 8 nitrogen and oxygen atoms in total. The van der Waals surface area contributed by atoms with Crippen molar-refractivity contribution in [3.05, 3.63) is 23.4 Å². The third-order valence-corrected chi connectivity index (χ3v) is 6.04. The van der Waals surface area contributed by atoms with Crippen molar-refractivity contribution in [1.29, 1.82) is 0 Å². The van der Waals surface area contributed by atoms with E-state index in [4.69, 9.17) is 14.5 Å². The molecule has 2 aliphatic heterocycles. The zero-order chi connectivity index (χ0) is 22.6. The molecule has 32 heavy (non-hydrogen) atoms. The van der Waals surface area contributed by atoms with E-state index in [1.54, 1.807) is 11.8 Å². The van der Waals surface area contributed by atoms with Crippen LogP contribution in [0.25, 0.3) is 0 Å². The quantitative estimate of drug-likeness (QED) is 0.400. The lowest BCUT2D eigenvalue weighted by molar-refractivity contribution is -0.145. The number of anilines is 1. The van der Waals surface area contributed by atoms with Gasteiger partial charge in [-0.05, 0) is 50.7 Å². The monoisotopic (exact) mass is 446 g/mol. The Morgan fingerprint density at radius 1 is 1.19 bits per heavy atom. The second-order valence-electron chi connectivity index (χ2n) is 8.50. The Hall–Kier alpha value is -2.35. The summed E-state index contributed by atoms with van der Waals surface area (Å²) in [7, 11) is 0. The lowest BCUT2D eigenvalue weighted by Gasteiger charge is -2.28. The first-order valence-electron chi connectivity index (χ1n) is 12.2. The molecule has 2 amide bonds. The van der Waals surface area contributed by atoms with Crippen LogP contribution in [0.3, 0.4) is 0 Å². The van der Waals surface area contributed by atoms with E-state index in [2.05, 4.69) is 22.8 Å². The maximum absolute atomic E-state index is 12.5. The van der Waals surface area contributed by atoms with E-state index in [0.717, 1.165) is 63.0 Å². The van der Waals surface area contributed by atoms with Crippen molar-refractivity contribution in [3.63, 3.8) is 0 Å². The maximum Gasteiger partial charge on any atom is 0.328 e. The van der Waals surface area contributed by atoms with Crippen molar-refractivity contribution in [3.8, 4) is 0 Å². The Labute approximate surface area is 191 Å². The summed E-state index contributed by atoms with van der Waals surface area (Å²) >= 11 is 0. The number of esters is 1. The summed E-state index contributed by atoms with van der Waals surface area (Å²) in [4.78, 5) is 31.2. The van der Waals surface area contributed by atoms with Crippen LogP contribution < -0.4 is 10.6 Å². The van der Waals surface area contributed by atoms with E-state index in [-0.39, 0.29) is 12.0 Å². The number of pyridine rings is 1. The van der Waals surface area contributed by atoms with Crippen LogP contribution in [0.1, 0.15) is 63.1 Å². The summed E-state index contributed by atoms with van der Waals surface area (Å²) in [6, 6.07) is 3.58. The largest absolute Gasteiger partial charge is 0.464 e. The molecule has 178 valence electrons. The van der Waals surface area contributed by atoms with Gasteiger partial charge >= 0.3 is 12.0 Å². The van der Waals surface area contributed by atoms with Crippen LogP contribution in [-0.2, 0) is 27.1 Å². The van der Waals surface area contributed by atoms with Crippen LogP contribution in [-0.4, -0.2) is 67.4 Å². The molecule has 1 saturated heterocycles. The van der Waals surface area contributed by atoms with Gasteiger partial charge in [0, 0.05) is 25.3 Å². The van der Waals surface area contributed by atoms with Gasteiger partial charge in [-0.1, -0.05) is 31.7 Å². The zero-order valence-corrected chi connectivity index (χ0v) is 19.4. The highest BCUT2D eigenvalue weighted by Crippen LogP contribution is 2.20. The fourth-order valence-electron chi connectivity index (χ4n) is 4.19. The van der Waals surface area contributed by atoms with E-state index in [1.807, 2.05) is 0 Å². The number of morpholine rings is 1. The molecule has 0 aliphatic carbocycles. The van der Waals surface area contributed by atoms with Crippen molar-refractivity contribution in [2.24, 2.45) is 0 Å². The molecule has 1 aromatic heterocycles. The number of unbranched alkanes of at least 4 members (excludes halogenated alkanes) is 4. The van der Waals surface area contributed by atoms with Crippen LogP contribution in [0.5, 0.6) is 0 Å². The van der Waals surface area contributed by atoms with Crippen molar-refractivity contribution in [2.75, 3.05) is 44.8 Å². The Bertz CT molecular complexity index is 737. The van der Waals surface area contributed by atoms with Gasteiger partial charge < -0.3 is 25.0 Å². The van der Waals surface area contributed by atoms with Crippen LogP contribution in [0, 0.1) is 0 Å². The van der Waals surface area contributed by atoms with E-state index >= 15 is 0 Å².